The largest absolute Gasteiger partial charge is 0.279 e. The first-order valence-electron chi connectivity index (χ1n) is 7.92. The molecule has 0 amide bonds. The van der Waals surface area contributed by atoms with Gasteiger partial charge in [-0.2, -0.15) is 5.26 Å². The molecule has 5 heteroatoms. The zero-order valence-corrected chi connectivity index (χ0v) is 15.2. The van der Waals surface area contributed by atoms with Crippen LogP contribution in [0.1, 0.15) is 56.2 Å². The Morgan fingerprint density at radius 3 is 2.00 bits per heavy atom. The molecule has 126 valence electrons. The smallest absolute Gasteiger partial charge is 0.261 e. The number of sulfonamides is 1. The van der Waals surface area contributed by atoms with Gasteiger partial charge >= 0.3 is 0 Å². The fraction of sp³-hybridized carbons (Fsp3) is 0.316. The Morgan fingerprint density at radius 1 is 0.958 bits per heavy atom. The fourth-order valence-electron chi connectivity index (χ4n) is 2.59. The second kappa shape index (κ2) is 7.06. The lowest BCUT2D eigenvalue weighted by molar-refractivity contribution is 0.601. The van der Waals surface area contributed by atoms with Gasteiger partial charge < -0.3 is 0 Å². The maximum atomic E-state index is 12.8. The number of hydrogen-bond acceptors (Lipinski definition) is 3. The van der Waals surface area contributed by atoms with Gasteiger partial charge in [0.05, 0.1) is 22.2 Å². The third kappa shape index (κ3) is 3.77. The van der Waals surface area contributed by atoms with Crippen LogP contribution in [0.4, 0.5) is 5.69 Å². The van der Waals surface area contributed by atoms with Crippen molar-refractivity contribution < 1.29 is 8.42 Å². The third-order valence-corrected chi connectivity index (χ3v) is 5.23. The number of nitrogens with zero attached hydrogens (tertiary/aromatic N) is 1. The average molecular weight is 342 g/mol. The lowest BCUT2D eigenvalue weighted by Gasteiger charge is -2.20. The molecular weight excluding hydrogens is 320 g/mol. The van der Waals surface area contributed by atoms with Crippen molar-refractivity contribution in [1.29, 1.82) is 5.26 Å². The highest BCUT2D eigenvalue weighted by atomic mass is 32.2. The van der Waals surface area contributed by atoms with E-state index in [1.54, 1.807) is 12.1 Å². The van der Waals surface area contributed by atoms with Crippen molar-refractivity contribution in [3.05, 3.63) is 59.2 Å². The lowest BCUT2D eigenvalue weighted by atomic mass is 9.93. The monoisotopic (exact) mass is 342 g/mol. The van der Waals surface area contributed by atoms with Crippen LogP contribution >= 0.6 is 0 Å². The number of anilines is 1. The van der Waals surface area contributed by atoms with Crippen molar-refractivity contribution in [3.8, 4) is 6.07 Å². The van der Waals surface area contributed by atoms with E-state index in [4.69, 9.17) is 5.26 Å². The molecule has 0 saturated carbocycles. The Morgan fingerprint density at radius 2 is 1.50 bits per heavy atom. The summed E-state index contributed by atoms with van der Waals surface area (Å²) in [5.74, 6) is 0.374. The molecule has 0 saturated heterocycles. The molecule has 0 aliphatic carbocycles. The molecule has 2 rings (SSSR count). The summed E-state index contributed by atoms with van der Waals surface area (Å²) in [6, 6.07) is 13.9. The van der Waals surface area contributed by atoms with E-state index < -0.39 is 10.0 Å². The summed E-state index contributed by atoms with van der Waals surface area (Å²) in [5.41, 5.74) is 2.88. The summed E-state index contributed by atoms with van der Waals surface area (Å²) in [6.07, 6.45) is 0. The molecule has 0 spiro atoms. The molecule has 0 aromatic heterocycles. The summed E-state index contributed by atoms with van der Waals surface area (Å²) in [4.78, 5) is 0.0924. The van der Waals surface area contributed by atoms with Crippen molar-refractivity contribution in [2.24, 2.45) is 0 Å². The van der Waals surface area contributed by atoms with Gasteiger partial charge in [0, 0.05) is 0 Å². The highest BCUT2D eigenvalue weighted by Crippen LogP contribution is 2.34. The summed E-state index contributed by atoms with van der Waals surface area (Å²) >= 11 is 0. The minimum atomic E-state index is -3.76. The third-order valence-electron chi connectivity index (χ3n) is 3.88. The Balaban J connectivity index is 2.55. The van der Waals surface area contributed by atoms with Crippen molar-refractivity contribution in [1.82, 2.24) is 0 Å². The number of nitrogens with one attached hydrogen (secondary N) is 1. The van der Waals surface area contributed by atoms with E-state index in [0.29, 0.717) is 11.3 Å². The van der Waals surface area contributed by atoms with Gasteiger partial charge in [0.2, 0.25) is 0 Å². The Bertz CT molecular complexity index is 852. The van der Waals surface area contributed by atoms with Gasteiger partial charge in [0.1, 0.15) is 0 Å². The van der Waals surface area contributed by atoms with Crippen LogP contribution in [0, 0.1) is 11.3 Å². The standard InChI is InChI=1S/C19H22N2O2S/c1-13(2)17-9-6-10-18(14(3)4)19(17)21-24(22,23)16-8-5-7-15(11-16)12-20/h5-11,13-14,21H,1-4H3. The van der Waals surface area contributed by atoms with E-state index in [-0.39, 0.29) is 16.7 Å². The molecule has 0 aliphatic heterocycles. The van der Waals surface area contributed by atoms with Crippen LogP contribution in [-0.2, 0) is 10.0 Å². The van der Waals surface area contributed by atoms with Crippen LogP contribution in [0.3, 0.4) is 0 Å². The molecule has 0 aliphatic rings. The van der Waals surface area contributed by atoms with E-state index >= 15 is 0 Å². The van der Waals surface area contributed by atoms with Crippen LogP contribution in [-0.4, -0.2) is 8.42 Å². The topological polar surface area (TPSA) is 70.0 Å². The van der Waals surface area contributed by atoms with Crippen molar-refractivity contribution in [2.45, 2.75) is 44.4 Å². The van der Waals surface area contributed by atoms with Crippen LogP contribution < -0.4 is 4.72 Å². The van der Waals surface area contributed by atoms with Gasteiger partial charge in [0.15, 0.2) is 0 Å². The summed E-state index contributed by atoms with van der Waals surface area (Å²) < 4.78 is 28.3. The van der Waals surface area contributed by atoms with E-state index in [0.717, 1.165) is 11.1 Å². The number of para-hydroxylation sites is 1. The predicted molar refractivity (Wildman–Crippen MR) is 96.6 cm³/mol. The van der Waals surface area contributed by atoms with Gasteiger partial charge in [-0.05, 0) is 41.2 Å². The van der Waals surface area contributed by atoms with Crippen molar-refractivity contribution >= 4 is 15.7 Å². The first-order valence-corrected chi connectivity index (χ1v) is 9.40. The molecule has 0 fully saturated rings. The Labute approximate surface area is 144 Å². The molecule has 2 aromatic rings. The van der Waals surface area contributed by atoms with Crippen molar-refractivity contribution in [3.63, 3.8) is 0 Å². The summed E-state index contributed by atoms with van der Waals surface area (Å²) in [5, 5.41) is 8.99. The summed E-state index contributed by atoms with van der Waals surface area (Å²) in [6.45, 7) is 8.14. The molecule has 0 radical (unpaired) electrons. The van der Waals surface area contributed by atoms with Crippen LogP contribution in [0.15, 0.2) is 47.4 Å². The first kappa shape index (κ1) is 18.0. The van der Waals surface area contributed by atoms with Gasteiger partial charge in [-0.15, -0.1) is 0 Å². The van der Waals surface area contributed by atoms with Gasteiger partial charge in [-0.1, -0.05) is 52.0 Å². The number of benzene rings is 2. The van der Waals surface area contributed by atoms with E-state index in [2.05, 4.69) is 4.72 Å². The first-order chi connectivity index (χ1) is 11.3. The summed E-state index contributed by atoms with van der Waals surface area (Å²) in [7, 11) is -3.76. The molecule has 0 unspecified atom stereocenters. The lowest BCUT2D eigenvalue weighted by Crippen LogP contribution is -2.16. The zero-order valence-electron chi connectivity index (χ0n) is 14.4. The minimum Gasteiger partial charge on any atom is -0.279 e. The highest BCUT2D eigenvalue weighted by Gasteiger charge is 2.21. The molecule has 0 atom stereocenters. The molecule has 0 bridgehead atoms. The molecule has 0 heterocycles. The van der Waals surface area contributed by atoms with Crippen LogP contribution in [0.2, 0.25) is 0 Å². The van der Waals surface area contributed by atoms with Crippen molar-refractivity contribution in [2.75, 3.05) is 4.72 Å². The fourth-order valence-corrected chi connectivity index (χ4v) is 3.76. The highest BCUT2D eigenvalue weighted by molar-refractivity contribution is 7.92. The van der Waals surface area contributed by atoms with Crippen LogP contribution in [0.5, 0.6) is 0 Å². The minimum absolute atomic E-state index is 0.0924. The van der Waals surface area contributed by atoms with Gasteiger partial charge in [-0.25, -0.2) is 8.42 Å². The maximum absolute atomic E-state index is 12.8. The second-order valence-corrected chi connectivity index (χ2v) is 8.05. The Hall–Kier alpha value is -2.32. The second-order valence-electron chi connectivity index (χ2n) is 6.37. The molecule has 24 heavy (non-hydrogen) atoms. The zero-order chi connectivity index (χ0) is 17.9. The van der Waals surface area contributed by atoms with Gasteiger partial charge in [-0.3, -0.25) is 4.72 Å². The normalized spacial score (nSPS) is 11.5. The number of nitriles is 1. The van der Waals surface area contributed by atoms with E-state index in [9.17, 15) is 8.42 Å². The van der Waals surface area contributed by atoms with E-state index in [1.807, 2.05) is 52.0 Å². The SMILES string of the molecule is CC(C)c1cccc(C(C)C)c1NS(=O)(=O)c1cccc(C#N)c1. The molecule has 1 N–H and O–H groups in total. The average Bonchev–Trinajstić information content (AvgIpc) is 2.54. The molecular formula is C19H22N2O2S. The number of hydrogen-bond donors (Lipinski definition) is 1. The predicted octanol–water partition coefficient (Wildman–Crippen LogP) is 4.61. The van der Waals surface area contributed by atoms with E-state index in [1.165, 1.54) is 12.1 Å². The number of rotatable bonds is 5. The van der Waals surface area contributed by atoms with Crippen LogP contribution in [0.25, 0.3) is 0 Å². The molecule has 2 aromatic carbocycles. The van der Waals surface area contributed by atoms with Gasteiger partial charge in [0.25, 0.3) is 10.0 Å². The molecule has 4 nitrogen and oxygen atoms in total. The Kier molecular flexibility index (Phi) is 5.30. The quantitative estimate of drug-likeness (QED) is 0.863. The maximum Gasteiger partial charge on any atom is 0.261 e.